The second-order valence-electron chi connectivity index (χ2n) is 5.71. The third kappa shape index (κ3) is 3.14. The number of rotatable bonds is 4. The lowest BCUT2D eigenvalue weighted by Crippen LogP contribution is -2.68. The van der Waals surface area contributed by atoms with Crippen LogP contribution in [0.1, 0.15) is 26.3 Å². The molecule has 1 aromatic rings. The molecule has 1 aliphatic heterocycles. The van der Waals surface area contributed by atoms with Crippen LogP contribution in [0.2, 0.25) is 5.15 Å². The van der Waals surface area contributed by atoms with Crippen LogP contribution in [0.25, 0.3) is 0 Å². The van der Waals surface area contributed by atoms with E-state index in [2.05, 4.69) is 47.3 Å². The molecule has 5 nitrogen and oxygen atoms in total. The van der Waals surface area contributed by atoms with E-state index in [0.29, 0.717) is 17.3 Å². The molecule has 0 bridgehead atoms. The molecule has 1 N–H and O–H groups in total. The predicted molar refractivity (Wildman–Crippen MR) is 75.2 cm³/mol. The van der Waals surface area contributed by atoms with E-state index < -0.39 is 0 Å². The quantitative estimate of drug-likeness (QED) is 0.911. The summed E-state index contributed by atoms with van der Waals surface area (Å²) in [6.45, 7) is 9.19. The van der Waals surface area contributed by atoms with Crippen LogP contribution in [-0.4, -0.2) is 35.4 Å². The molecule has 2 heterocycles. The molecular weight excluding hydrogens is 262 g/mol. The second-order valence-corrected chi connectivity index (χ2v) is 6.09. The number of halogens is 1. The van der Waals surface area contributed by atoms with Gasteiger partial charge >= 0.3 is 0 Å². The molecule has 0 atom stereocenters. The first kappa shape index (κ1) is 14.0. The smallest absolute Gasteiger partial charge is 0.169 e. The zero-order valence-electron chi connectivity index (χ0n) is 11.4. The first-order chi connectivity index (χ1) is 8.93. The molecule has 0 aromatic carbocycles. The van der Waals surface area contributed by atoms with E-state index in [1.165, 1.54) is 0 Å². The summed E-state index contributed by atoms with van der Waals surface area (Å²) in [6, 6.07) is 3.67. The van der Waals surface area contributed by atoms with Gasteiger partial charge in [0.2, 0.25) is 0 Å². The minimum Gasteiger partial charge on any atom is -0.350 e. The number of hydrogen-bond acceptors (Lipinski definition) is 5. The molecule has 0 amide bonds. The van der Waals surface area contributed by atoms with Crippen LogP contribution in [0.3, 0.4) is 0 Å². The van der Waals surface area contributed by atoms with Gasteiger partial charge in [0.05, 0.1) is 11.1 Å². The monoisotopic (exact) mass is 279 g/mol. The average Bonchev–Trinajstić information content (AvgIpc) is 2.33. The van der Waals surface area contributed by atoms with Gasteiger partial charge in [0, 0.05) is 13.1 Å². The standard InChI is InChI=1S/C13H18ClN5/c1-9(2)6-16-13(3)7-19(8-13)12-10(5-15)4-11(14)17-18-12/h4,9,16H,6-8H2,1-3H3. The van der Waals surface area contributed by atoms with E-state index in [4.69, 9.17) is 16.9 Å². The summed E-state index contributed by atoms with van der Waals surface area (Å²) in [5, 5.41) is 20.7. The number of nitrogens with one attached hydrogen (secondary N) is 1. The zero-order chi connectivity index (χ0) is 14.0. The van der Waals surface area contributed by atoms with Crippen molar-refractivity contribution in [2.24, 2.45) is 5.92 Å². The minimum absolute atomic E-state index is 0.0817. The van der Waals surface area contributed by atoms with Gasteiger partial charge in [0.1, 0.15) is 6.07 Å². The maximum Gasteiger partial charge on any atom is 0.169 e. The molecule has 6 heteroatoms. The molecule has 0 radical (unpaired) electrons. The molecule has 1 fully saturated rings. The van der Waals surface area contributed by atoms with Crippen LogP contribution in [0.5, 0.6) is 0 Å². The first-order valence-corrected chi connectivity index (χ1v) is 6.74. The summed E-state index contributed by atoms with van der Waals surface area (Å²) < 4.78 is 0. The van der Waals surface area contributed by atoms with Gasteiger partial charge in [-0.3, -0.25) is 0 Å². The Kier molecular flexibility index (Phi) is 3.93. The van der Waals surface area contributed by atoms with Crippen LogP contribution < -0.4 is 10.2 Å². The molecule has 102 valence electrons. The maximum absolute atomic E-state index is 9.10. The Labute approximate surface area is 118 Å². The molecule has 0 spiro atoms. The zero-order valence-corrected chi connectivity index (χ0v) is 12.2. The summed E-state index contributed by atoms with van der Waals surface area (Å²) >= 11 is 5.75. The van der Waals surface area contributed by atoms with Crippen molar-refractivity contribution in [2.75, 3.05) is 24.5 Å². The van der Waals surface area contributed by atoms with Crippen molar-refractivity contribution in [1.82, 2.24) is 15.5 Å². The molecule has 0 unspecified atom stereocenters. The normalized spacial score (nSPS) is 17.2. The van der Waals surface area contributed by atoms with Gasteiger partial charge in [-0.25, -0.2) is 0 Å². The van der Waals surface area contributed by atoms with Gasteiger partial charge in [-0.2, -0.15) is 5.26 Å². The Morgan fingerprint density at radius 1 is 1.53 bits per heavy atom. The Bertz CT molecular complexity index is 502. The van der Waals surface area contributed by atoms with Crippen LogP contribution in [0.4, 0.5) is 5.82 Å². The summed E-state index contributed by atoms with van der Waals surface area (Å²) in [5.74, 6) is 1.24. The molecule has 19 heavy (non-hydrogen) atoms. The molecule has 0 saturated carbocycles. The first-order valence-electron chi connectivity index (χ1n) is 6.37. The van der Waals surface area contributed by atoms with Crippen molar-refractivity contribution >= 4 is 17.4 Å². The van der Waals surface area contributed by atoms with Crippen molar-refractivity contribution in [1.29, 1.82) is 5.26 Å². The van der Waals surface area contributed by atoms with E-state index in [9.17, 15) is 0 Å². The van der Waals surface area contributed by atoms with Crippen molar-refractivity contribution < 1.29 is 0 Å². The van der Waals surface area contributed by atoms with Crippen molar-refractivity contribution in [3.05, 3.63) is 16.8 Å². The maximum atomic E-state index is 9.10. The minimum atomic E-state index is 0.0817. The highest BCUT2D eigenvalue weighted by Gasteiger charge is 2.40. The average molecular weight is 280 g/mol. The van der Waals surface area contributed by atoms with E-state index in [1.54, 1.807) is 6.07 Å². The number of anilines is 1. The number of nitriles is 1. The largest absolute Gasteiger partial charge is 0.350 e. The van der Waals surface area contributed by atoms with Crippen LogP contribution in [0, 0.1) is 17.2 Å². The van der Waals surface area contributed by atoms with Gasteiger partial charge in [-0.05, 0) is 25.5 Å². The van der Waals surface area contributed by atoms with E-state index in [-0.39, 0.29) is 10.7 Å². The van der Waals surface area contributed by atoms with Crippen molar-refractivity contribution in [2.45, 2.75) is 26.3 Å². The van der Waals surface area contributed by atoms with Crippen molar-refractivity contribution in [3.8, 4) is 6.07 Å². The predicted octanol–water partition coefficient (Wildman–Crippen LogP) is 1.83. The van der Waals surface area contributed by atoms with Crippen LogP contribution >= 0.6 is 11.6 Å². The Balaban J connectivity index is 2.02. The highest BCUT2D eigenvalue weighted by Crippen LogP contribution is 2.28. The van der Waals surface area contributed by atoms with Crippen molar-refractivity contribution in [3.63, 3.8) is 0 Å². The summed E-state index contributed by atoms with van der Waals surface area (Å²) in [7, 11) is 0. The fourth-order valence-corrected chi connectivity index (χ4v) is 2.33. The molecule has 1 saturated heterocycles. The van der Waals surface area contributed by atoms with E-state index >= 15 is 0 Å². The number of nitrogens with zero attached hydrogens (tertiary/aromatic N) is 4. The molecule has 1 aliphatic rings. The second kappa shape index (κ2) is 5.32. The molecule has 1 aromatic heterocycles. The number of hydrogen-bond donors (Lipinski definition) is 1. The lowest BCUT2D eigenvalue weighted by Gasteiger charge is -2.49. The van der Waals surface area contributed by atoms with Gasteiger partial charge < -0.3 is 10.2 Å². The number of aromatic nitrogens is 2. The van der Waals surface area contributed by atoms with Crippen LogP contribution in [0.15, 0.2) is 6.07 Å². The fourth-order valence-electron chi connectivity index (χ4n) is 2.19. The molecular formula is C13H18ClN5. The molecule has 2 rings (SSSR count). The van der Waals surface area contributed by atoms with Gasteiger partial charge in [-0.1, -0.05) is 25.4 Å². The van der Waals surface area contributed by atoms with E-state index in [1.807, 2.05) is 0 Å². The Morgan fingerprint density at radius 2 is 2.21 bits per heavy atom. The van der Waals surface area contributed by atoms with E-state index in [0.717, 1.165) is 19.6 Å². The van der Waals surface area contributed by atoms with Gasteiger partial charge in [-0.15, -0.1) is 10.2 Å². The third-order valence-electron chi connectivity index (χ3n) is 3.18. The summed E-state index contributed by atoms with van der Waals surface area (Å²) in [4.78, 5) is 2.05. The SMILES string of the molecule is CC(C)CNC1(C)CN(c2nnc(Cl)cc2C#N)C1. The third-order valence-corrected chi connectivity index (χ3v) is 3.37. The topological polar surface area (TPSA) is 64.8 Å². The lowest BCUT2D eigenvalue weighted by molar-refractivity contribution is 0.268. The Hall–Kier alpha value is -1.38. The Morgan fingerprint density at radius 3 is 2.79 bits per heavy atom. The molecule has 0 aliphatic carbocycles. The lowest BCUT2D eigenvalue weighted by atomic mass is 9.91. The van der Waals surface area contributed by atoms with Gasteiger partial charge in [0.15, 0.2) is 11.0 Å². The fraction of sp³-hybridized carbons (Fsp3) is 0.615. The summed E-state index contributed by atoms with van der Waals surface area (Å²) in [5.41, 5.74) is 0.559. The highest BCUT2D eigenvalue weighted by atomic mass is 35.5. The highest BCUT2D eigenvalue weighted by molar-refractivity contribution is 6.29. The van der Waals surface area contributed by atoms with Crippen LogP contribution in [-0.2, 0) is 0 Å². The van der Waals surface area contributed by atoms with Gasteiger partial charge in [0.25, 0.3) is 0 Å². The summed E-state index contributed by atoms with van der Waals surface area (Å²) in [6.07, 6.45) is 0.